The molecule has 35 heavy (non-hydrogen) atoms. The monoisotopic (exact) mass is 471 g/mol. The Kier molecular flexibility index (Phi) is 6.91. The number of Topliss-reactive ketones (excluding diaryl/α,β-unsaturated/α-hetero) is 1. The predicted octanol–water partition coefficient (Wildman–Crippen LogP) is 4.46. The number of ketones is 1. The first kappa shape index (κ1) is 23.7. The number of carbonyl (C=O) groups is 3. The van der Waals surface area contributed by atoms with E-state index in [0.29, 0.717) is 35.0 Å². The molecule has 1 atom stereocenters. The summed E-state index contributed by atoms with van der Waals surface area (Å²) in [6.07, 6.45) is 2.43. The van der Waals surface area contributed by atoms with Crippen LogP contribution in [0.15, 0.2) is 78.5 Å². The molecule has 2 aromatic carbocycles. The largest absolute Gasteiger partial charge is 0.507 e. The molecule has 0 spiro atoms. The Hall–Kier alpha value is -4.46. The van der Waals surface area contributed by atoms with E-state index in [1.807, 2.05) is 6.92 Å². The van der Waals surface area contributed by atoms with Gasteiger partial charge in [0.1, 0.15) is 17.6 Å². The summed E-state index contributed by atoms with van der Waals surface area (Å²) in [5.74, 6) is -1.46. The first-order valence-corrected chi connectivity index (χ1v) is 11.2. The molecule has 1 aliphatic rings. The first-order chi connectivity index (χ1) is 16.9. The Bertz CT molecular complexity index is 1270. The lowest BCUT2D eigenvalue weighted by Gasteiger charge is -2.24. The van der Waals surface area contributed by atoms with E-state index in [2.05, 4.69) is 10.3 Å². The van der Waals surface area contributed by atoms with Gasteiger partial charge in [0.05, 0.1) is 17.9 Å². The minimum atomic E-state index is -0.932. The van der Waals surface area contributed by atoms with Gasteiger partial charge in [-0.05, 0) is 67.1 Å². The van der Waals surface area contributed by atoms with Gasteiger partial charge in [-0.25, -0.2) is 0 Å². The summed E-state index contributed by atoms with van der Waals surface area (Å²) in [5, 5.41) is 13.8. The van der Waals surface area contributed by atoms with Gasteiger partial charge in [0.25, 0.3) is 11.7 Å². The number of anilines is 2. The molecule has 8 nitrogen and oxygen atoms in total. The van der Waals surface area contributed by atoms with Crippen LogP contribution in [0.1, 0.15) is 37.6 Å². The van der Waals surface area contributed by atoms with Crippen molar-refractivity contribution in [2.45, 2.75) is 26.3 Å². The molecule has 0 radical (unpaired) electrons. The summed E-state index contributed by atoms with van der Waals surface area (Å²) < 4.78 is 5.59. The third-order valence-electron chi connectivity index (χ3n) is 5.48. The number of hydrogen-bond donors (Lipinski definition) is 2. The average Bonchev–Trinajstić information content (AvgIpc) is 3.13. The molecule has 0 bridgehead atoms. The van der Waals surface area contributed by atoms with Gasteiger partial charge in [-0.15, -0.1) is 0 Å². The van der Waals surface area contributed by atoms with Crippen molar-refractivity contribution >= 4 is 34.7 Å². The van der Waals surface area contributed by atoms with Crippen LogP contribution in [0.25, 0.3) is 5.76 Å². The van der Waals surface area contributed by atoms with Crippen LogP contribution in [0.2, 0.25) is 0 Å². The number of rotatable bonds is 7. The SMILES string of the molecule is CCCOc1ccc(/C(O)=C2/C(=O)C(=O)N(c3ccc(NC(C)=O)cc3)C2c2ccccn2)cc1. The number of nitrogens with one attached hydrogen (secondary N) is 1. The standard InChI is InChI=1S/C27H25N3O5/c1-3-16-35-21-13-7-18(8-14-21)25(32)23-24(22-6-4-5-15-28-22)30(27(34)26(23)33)20-11-9-19(10-12-20)29-17(2)31/h4-15,24,32H,3,16H2,1-2H3,(H,29,31)/b25-23-. The fourth-order valence-electron chi connectivity index (χ4n) is 3.91. The second-order valence-corrected chi connectivity index (χ2v) is 8.02. The van der Waals surface area contributed by atoms with Gasteiger partial charge in [-0.1, -0.05) is 13.0 Å². The van der Waals surface area contributed by atoms with Crippen LogP contribution in [0.4, 0.5) is 11.4 Å². The van der Waals surface area contributed by atoms with E-state index in [4.69, 9.17) is 4.74 Å². The molecule has 178 valence electrons. The summed E-state index contributed by atoms with van der Waals surface area (Å²) in [5.41, 5.74) is 1.74. The number of carbonyl (C=O) groups excluding carboxylic acids is 3. The molecule has 0 saturated carbocycles. The van der Waals surface area contributed by atoms with Crippen LogP contribution < -0.4 is 15.0 Å². The van der Waals surface area contributed by atoms with Crippen molar-refractivity contribution in [3.8, 4) is 5.75 Å². The topological polar surface area (TPSA) is 109 Å². The average molecular weight is 472 g/mol. The van der Waals surface area contributed by atoms with Crippen molar-refractivity contribution in [3.63, 3.8) is 0 Å². The number of aromatic nitrogens is 1. The van der Waals surface area contributed by atoms with Crippen molar-refractivity contribution in [1.82, 2.24) is 4.98 Å². The van der Waals surface area contributed by atoms with Gasteiger partial charge in [0.15, 0.2) is 0 Å². The quantitative estimate of drug-likeness (QED) is 0.299. The Morgan fingerprint density at radius 1 is 1.06 bits per heavy atom. The molecular weight excluding hydrogens is 446 g/mol. The smallest absolute Gasteiger partial charge is 0.300 e. The number of amides is 2. The van der Waals surface area contributed by atoms with Gasteiger partial charge in [0, 0.05) is 30.1 Å². The number of nitrogens with zero attached hydrogens (tertiary/aromatic N) is 2. The fraction of sp³-hybridized carbons (Fsp3) is 0.185. The normalized spacial score (nSPS) is 16.9. The van der Waals surface area contributed by atoms with E-state index in [9.17, 15) is 19.5 Å². The first-order valence-electron chi connectivity index (χ1n) is 11.2. The van der Waals surface area contributed by atoms with E-state index in [1.54, 1.807) is 72.9 Å². The van der Waals surface area contributed by atoms with Crippen molar-refractivity contribution < 1.29 is 24.2 Å². The Morgan fingerprint density at radius 2 is 1.77 bits per heavy atom. The van der Waals surface area contributed by atoms with E-state index >= 15 is 0 Å². The minimum absolute atomic E-state index is 0.0538. The number of benzene rings is 2. The van der Waals surface area contributed by atoms with Crippen LogP contribution in [0, 0.1) is 0 Å². The molecule has 1 saturated heterocycles. The number of aliphatic hydroxyl groups excluding tert-OH is 1. The maximum absolute atomic E-state index is 13.2. The van der Waals surface area contributed by atoms with Crippen molar-refractivity contribution in [2.24, 2.45) is 0 Å². The number of aliphatic hydroxyl groups is 1. The third-order valence-corrected chi connectivity index (χ3v) is 5.48. The Morgan fingerprint density at radius 3 is 2.37 bits per heavy atom. The molecule has 1 aliphatic heterocycles. The second kappa shape index (κ2) is 10.2. The predicted molar refractivity (Wildman–Crippen MR) is 132 cm³/mol. The molecule has 4 rings (SSSR count). The van der Waals surface area contributed by atoms with E-state index in [-0.39, 0.29) is 17.2 Å². The Labute approximate surface area is 202 Å². The van der Waals surface area contributed by atoms with E-state index in [1.165, 1.54) is 11.8 Å². The second-order valence-electron chi connectivity index (χ2n) is 8.02. The van der Waals surface area contributed by atoms with Gasteiger partial charge >= 0.3 is 0 Å². The van der Waals surface area contributed by atoms with Crippen LogP contribution >= 0.6 is 0 Å². The summed E-state index contributed by atoms with van der Waals surface area (Å²) in [4.78, 5) is 43.4. The zero-order valence-corrected chi connectivity index (χ0v) is 19.4. The van der Waals surface area contributed by atoms with Crippen molar-refractivity contribution in [3.05, 3.63) is 89.8 Å². The molecule has 0 aliphatic carbocycles. The van der Waals surface area contributed by atoms with Crippen LogP contribution in [-0.2, 0) is 14.4 Å². The lowest BCUT2D eigenvalue weighted by atomic mass is 9.98. The maximum Gasteiger partial charge on any atom is 0.300 e. The molecule has 3 aromatic rings. The fourth-order valence-corrected chi connectivity index (χ4v) is 3.91. The number of hydrogen-bond acceptors (Lipinski definition) is 6. The molecule has 1 unspecified atom stereocenters. The van der Waals surface area contributed by atoms with Crippen LogP contribution in [-0.4, -0.2) is 34.3 Å². The summed E-state index contributed by atoms with van der Waals surface area (Å²) in [7, 11) is 0. The van der Waals surface area contributed by atoms with Gasteiger partial charge in [0.2, 0.25) is 5.91 Å². The highest BCUT2D eigenvalue weighted by Crippen LogP contribution is 2.41. The summed E-state index contributed by atoms with van der Waals surface area (Å²) >= 11 is 0. The van der Waals surface area contributed by atoms with Crippen molar-refractivity contribution in [1.29, 1.82) is 0 Å². The van der Waals surface area contributed by atoms with Crippen LogP contribution in [0.5, 0.6) is 5.75 Å². The van der Waals surface area contributed by atoms with Gasteiger partial charge in [-0.2, -0.15) is 0 Å². The highest BCUT2D eigenvalue weighted by atomic mass is 16.5. The number of pyridine rings is 1. The number of ether oxygens (including phenoxy) is 1. The van der Waals surface area contributed by atoms with E-state index in [0.717, 1.165) is 6.42 Å². The molecule has 2 amide bonds. The molecule has 1 aromatic heterocycles. The molecule has 1 fully saturated rings. The summed E-state index contributed by atoms with van der Waals surface area (Å²) in [6.45, 7) is 3.97. The lowest BCUT2D eigenvalue weighted by Crippen LogP contribution is -2.29. The Balaban J connectivity index is 1.79. The highest BCUT2D eigenvalue weighted by Gasteiger charge is 2.47. The molecule has 8 heteroatoms. The van der Waals surface area contributed by atoms with Crippen molar-refractivity contribution in [2.75, 3.05) is 16.8 Å². The highest BCUT2D eigenvalue weighted by molar-refractivity contribution is 6.51. The van der Waals surface area contributed by atoms with Gasteiger partial charge in [-0.3, -0.25) is 24.3 Å². The third kappa shape index (κ3) is 4.91. The zero-order valence-electron chi connectivity index (χ0n) is 19.4. The maximum atomic E-state index is 13.2. The minimum Gasteiger partial charge on any atom is -0.507 e. The van der Waals surface area contributed by atoms with Crippen LogP contribution in [0.3, 0.4) is 0 Å². The van der Waals surface area contributed by atoms with Gasteiger partial charge < -0.3 is 15.2 Å². The lowest BCUT2D eigenvalue weighted by molar-refractivity contribution is -0.132. The molecule has 2 heterocycles. The molecule has 2 N–H and O–H groups in total. The molecular formula is C27H25N3O5. The van der Waals surface area contributed by atoms with E-state index < -0.39 is 17.7 Å². The summed E-state index contributed by atoms with van der Waals surface area (Å²) in [6, 6.07) is 17.5. The zero-order chi connectivity index (χ0) is 24.9.